The van der Waals surface area contributed by atoms with Crippen molar-refractivity contribution in [1.29, 1.82) is 0 Å². The van der Waals surface area contributed by atoms with E-state index in [9.17, 15) is 4.79 Å². The highest BCUT2D eigenvalue weighted by Crippen LogP contribution is 2.28. The molecule has 1 aliphatic carbocycles. The first kappa shape index (κ1) is 17.9. The van der Waals surface area contributed by atoms with Gasteiger partial charge in [-0.2, -0.15) is 0 Å². The molecule has 1 aliphatic rings. The minimum Gasteiger partial charge on any atom is -0.322 e. The molecule has 0 spiro atoms. The minimum absolute atomic E-state index is 0.0550. The van der Waals surface area contributed by atoms with E-state index >= 15 is 0 Å². The van der Waals surface area contributed by atoms with Crippen LogP contribution >= 0.6 is 11.6 Å². The Morgan fingerprint density at radius 1 is 1.28 bits per heavy atom. The molecular weight excluding hydrogens is 334 g/mol. The number of carbonyl (C=O) groups excluding carboxylic acids is 1. The number of nitrogens with zero attached hydrogens (tertiary/aromatic N) is 2. The van der Waals surface area contributed by atoms with E-state index in [0.717, 1.165) is 19.4 Å². The highest BCUT2D eigenvalue weighted by Gasteiger charge is 2.30. The molecule has 25 heavy (non-hydrogen) atoms. The van der Waals surface area contributed by atoms with Crippen molar-refractivity contribution < 1.29 is 4.79 Å². The van der Waals surface area contributed by atoms with Crippen LogP contribution in [0.5, 0.6) is 0 Å². The molecule has 0 radical (unpaired) electrons. The Hall–Kier alpha value is -1.91. The van der Waals surface area contributed by atoms with Crippen molar-refractivity contribution in [2.45, 2.75) is 45.2 Å². The number of rotatable bonds is 7. The molecule has 1 amide bonds. The summed E-state index contributed by atoms with van der Waals surface area (Å²) in [6, 6.07) is 12.7. The van der Waals surface area contributed by atoms with Gasteiger partial charge in [-0.15, -0.1) is 0 Å². The van der Waals surface area contributed by atoms with Crippen LogP contribution in [0.25, 0.3) is 0 Å². The fourth-order valence-corrected chi connectivity index (χ4v) is 3.02. The second kappa shape index (κ2) is 7.98. The standard InChI is InChI=1S/C20H24ClN3O/c1-14(2)16-7-5-15(6-8-16)12-24(17-9-10-17)13-19(25)23-18-4-3-11-22-20(18)21/h3-8,11,14,17H,9-10,12-13H2,1-2H3,(H,23,25). The molecule has 1 saturated carbocycles. The van der Waals surface area contributed by atoms with Gasteiger partial charge in [0.05, 0.1) is 12.2 Å². The predicted molar refractivity (Wildman–Crippen MR) is 102 cm³/mol. The lowest BCUT2D eigenvalue weighted by Crippen LogP contribution is -2.34. The molecular formula is C20H24ClN3O. The number of pyridine rings is 1. The normalized spacial score (nSPS) is 14.1. The van der Waals surface area contributed by atoms with Gasteiger partial charge in [-0.3, -0.25) is 9.69 Å². The summed E-state index contributed by atoms with van der Waals surface area (Å²) in [7, 11) is 0. The van der Waals surface area contributed by atoms with E-state index in [2.05, 4.69) is 53.3 Å². The first-order valence-electron chi connectivity index (χ1n) is 8.76. The van der Waals surface area contributed by atoms with Crippen molar-refractivity contribution in [1.82, 2.24) is 9.88 Å². The molecule has 4 nitrogen and oxygen atoms in total. The van der Waals surface area contributed by atoms with E-state index in [1.807, 2.05) is 0 Å². The van der Waals surface area contributed by atoms with Crippen molar-refractivity contribution in [3.63, 3.8) is 0 Å². The van der Waals surface area contributed by atoms with Gasteiger partial charge in [0.15, 0.2) is 5.15 Å². The Bertz CT molecular complexity index is 726. The summed E-state index contributed by atoms with van der Waals surface area (Å²) in [6.07, 6.45) is 3.92. The Morgan fingerprint density at radius 3 is 2.60 bits per heavy atom. The zero-order chi connectivity index (χ0) is 17.8. The number of amides is 1. The lowest BCUT2D eigenvalue weighted by Gasteiger charge is -2.22. The third kappa shape index (κ3) is 5.03. The van der Waals surface area contributed by atoms with Gasteiger partial charge in [-0.1, -0.05) is 49.7 Å². The maximum absolute atomic E-state index is 12.4. The minimum atomic E-state index is -0.0550. The Kier molecular flexibility index (Phi) is 5.71. The van der Waals surface area contributed by atoms with Gasteiger partial charge >= 0.3 is 0 Å². The van der Waals surface area contributed by atoms with E-state index in [4.69, 9.17) is 11.6 Å². The van der Waals surface area contributed by atoms with E-state index < -0.39 is 0 Å². The maximum atomic E-state index is 12.4. The summed E-state index contributed by atoms with van der Waals surface area (Å²) < 4.78 is 0. The molecule has 1 heterocycles. The maximum Gasteiger partial charge on any atom is 0.238 e. The molecule has 132 valence electrons. The van der Waals surface area contributed by atoms with Crippen LogP contribution in [-0.2, 0) is 11.3 Å². The van der Waals surface area contributed by atoms with Gasteiger partial charge in [0.1, 0.15) is 0 Å². The van der Waals surface area contributed by atoms with E-state index in [0.29, 0.717) is 29.3 Å². The van der Waals surface area contributed by atoms with Gasteiger partial charge in [-0.25, -0.2) is 4.98 Å². The first-order valence-corrected chi connectivity index (χ1v) is 9.14. The number of nitrogens with one attached hydrogen (secondary N) is 1. The van der Waals surface area contributed by atoms with Gasteiger partial charge in [0, 0.05) is 18.8 Å². The number of aromatic nitrogens is 1. The average molecular weight is 358 g/mol. The van der Waals surface area contributed by atoms with Crippen LogP contribution in [0.2, 0.25) is 5.15 Å². The molecule has 0 atom stereocenters. The Balaban J connectivity index is 1.61. The zero-order valence-electron chi connectivity index (χ0n) is 14.7. The van der Waals surface area contributed by atoms with Crippen LogP contribution < -0.4 is 5.32 Å². The molecule has 0 bridgehead atoms. The van der Waals surface area contributed by atoms with Crippen LogP contribution in [0, 0.1) is 0 Å². The number of benzene rings is 1. The molecule has 0 saturated heterocycles. The summed E-state index contributed by atoms with van der Waals surface area (Å²) in [6.45, 7) is 5.54. The van der Waals surface area contributed by atoms with E-state index in [1.54, 1.807) is 18.3 Å². The molecule has 1 fully saturated rings. The van der Waals surface area contributed by atoms with Gasteiger partial charge in [0.2, 0.25) is 5.91 Å². The lowest BCUT2D eigenvalue weighted by atomic mass is 10.0. The quantitative estimate of drug-likeness (QED) is 0.744. The summed E-state index contributed by atoms with van der Waals surface area (Å²) in [5.74, 6) is 0.476. The smallest absolute Gasteiger partial charge is 0.238 e. The van der Waals surface area contributed by atoms with Crippen LogP contribution in [0.4, 0.5) is 5.69 Å². The molecule has 1 N–H and O–H groups in total. The SMILES string of the molecule is CC(C)c1ccc(CN(CC(=O)Nc2cccnc2Cl)C2CC2)cc1. The third-order valence-electron chi connectivity index (χ3n) is 4.48. The first-order chi connectivity index (χ1) is 12.0. The third-order valence-corrected chi connectivity index (χ3v) is 4.78. The monoisotopic (exact) mass is 357 g/mol. The number of carbonyl (C=O) groups is 1. The molecule has 5 heteroatoms. The molecule has 2 aromatic rings. The highest BCUT2D eigenvalue weighted by molar-refractivity contribution is 6.32. The van der Waals surface area contributed by atoms with Crippen LogP contribution in [-0.4, -0.2) is 28.4 Å². The lowest BCUT2D eigenvalue weighted by molar-refractivity contribution is -0.117. The highest BCUT2D eigenvalue weighted by atomic mass is 35.5. The van der Waals surface area contributed by atoms with Gasteiger partial charge in [-0.05, 0) is 42.0 Å². The van der Waals surface area contributed by atoms with E-state index in [1.165, 1.54) is 11.1 Å². The number of hydrogen-bond acceptors (Lipinski definition) is 3. The summed E-state index contributed by atoms with van der Waals surface area (Å²) in [4.78, 5) is 18.6. The van der Waals surface area contributed by atoms with Gasteiger partial charge in [0.25, 0.3) is 0 Å². The predicted octanol–water partition coefficient (Wildman–Crippen LogP) is 4.46. The molecule has 3 rings (SSSR count). The number of halogens is 1. The second-order valence-corrected chi connectivity index (χ2v) is 7.28. The van der Waals surface area contributed by atoms with Crippen molar-refractivity contribution in [3.8, 4) is 0 Å². The van der Waals surface area contributed by atoms with Crippen molar-refractivity contribution in [3.05, 3.63) is 58.9 Å². The molecule has 1 aromatic carbocycles. The van der Waals surface area contributed by atoms with Crippen molar-refractivity contribution in [2.24, 2.45) is 0 Å². The average Bonchev–Trinajstić information content (AvgIpc) is 3.42. The molecule has 0 aliphatic heterocycles. The largest absolute Gasteiger partial charge is 0.322 e. The number of anilines is 1. The Labute approximate surface area is 154 Å². The van der Waals surface area contributed by atoms with Crippen LogP contribution in [0.15, 0.2) is 42.6 Å². The summed E-state index contributed by atoms with van der Waals surface area (Å²) >= 11 is 6.01. The van der Waals surface area contributed by atoms with Crippen LogP contribution in [0.3, 0.4) is 0 Å². The fraction of sp³-hybridized carbons (Fsp3) is 0.400. The summed E-state index contributed by atoms with van der Waals surface area (Å²) in [5, 5.41) is 3.18. The van der Waals surface area contributed by atoms with Gasteiger partial charge < -0.3 is 5.32 Å². The molecule has 0 unspecified atom stereocenters. The van der Waals surface area contributed by atoms with Crippen molar-refractivity contribution in [2.75, 3.05) is 11.9 Å². The van der Waals surface area contributed by atoms with Crippen LogP contribution in [0.1, 0.15) is 43.7 Å². The topological polar surface area (TPSA) is 45.2 Å². The van der Waals surface area contributed by atoms with E-state index in [-0.39, 0.29) is 5.91 Å². The molecule has 1 aromatic heterocycles. The number of hydrogen-bond donors (Lipinski definition) is 1. The summed E-state index contributed by atoms with van der Waals surface area (Å²) in [5.41, 5.74) is 3.14. The fourth-order valence-electron chi connectivity index (χ4n) is 2.85. The second-order valence-electron chi connectivity index (χ2n) is 6.92. The van der Waals surface area contributed by atoms with Crippen molar-refractivity contribution >= 4 is 23.2 Å². The Morgan fingerprint density at radius 2 is 2.00 bits per heavy atom. The zero-order valence-corrected chi connectivity index (χ0v) is 15.5.